The molecule has 18 heavy (non-hydrogen) atoms. The largest absolute Gasteiger partial charge is 0.481 e. The molecule has 0 aliphatic rings. The van der Waals surface area contributed by atoms with Crippen LogP contribution in [-0.4, -0.2) is 41.6 Å². The molecule has 4 N–H and O–H groups in total. The summed E-state index contributed by atoms with van der Waals surface area (Å²) in [7, 11) is 0. The van der Waals surface area contributed by atoms with E-state index in [9.17, 15) is 14.4 Å². The number of ether oxygens (including phenoxy) is 1. The smallest absolute Gasteiger partial charge is 0.328 e. The minimum atomic E-state index is -1.17. The highest BCUT2D eigenvalue weighted by atomic mass is 16.5. The molecule has 0 aromatic rings. The Morgan fingerprint density at radius 2 is 2.00 bits per heavy atom. The Morgan fingerprint density at radius 1 is 1.39 bits per heavy atom. The number of amides is 1. The van der Waals surface area contributed by atoms with Gasteiger partial charge in [0, 0.05) is 0 Å². The van der Waals surface area contributed by atoms with E-state index in [1.54, 1.807) is 0 Å². The van der Waals surface area contributed by atoms with E-state index in [4.69, 9.17) is 15.6 Å². The lowest BCUT2D eigenvalue weighted by Crippen LogP contribution is -2.48. The van der Waals surface area contributed by atoms with Crippen molar-refractivity contribution in [3.05, 3.63) is 0 Å². The van der Waals surface area contributed by atoms with E-state index < -0.39 is 36.4 Å². The predicted molar refractivity (Wildman–Crippen MR) is 63.7 cm³/mol. The molecule has 0 unspecified atom stereocenters. The maximum Gasteiger partial charge on any atom is 0.328 e. The zero-order valence-electron chi connectivity index (χ0n) is 10.6. The van der Waals surface area contributed by atoms with Crippen LogP contribution in [0.1, 0.15) is 33.1 Å². The molecule has 0 saturated carbocycles. The highest BCUT2D eigenvalue weighted by molar-refractivity contribution is 5.89. The highest BCUT2D eigenvalue weighted by Crippen LogP contribution is 1.95. The molecule has 7 heteroatoms. The molecule has 0 aliphatic heterocycles. The van der Waals surface area contributed by atoms with Crippen molar-refractivity contribution < 1.29 is 24.2 Å². The summed E-state index contributed by atoms with van der Waals surface area (Å²) in [6.07, 6.45) is 1.17. The van der Waals surface area contributed by atoms with E-state index in [-0.39, 0.29) is 0 Å². The Balaban J connectivity index is 4.05. The summed E-state index contributed by atoms with van der Waals surface area (Å²) >= 11 is 0. The Labute approximate surface area is 106 Å². The topological polar surface area (TPSA) is 119 Å². The van der Waals surface area contributed by atoms with Crippen molar-refractivity contribution >= 4 is 17.8 Å². The Hall–Kier alpha value is -1.63. The van der Waals surface area contributed by atoms with Crippen molar-refractivity contribution in [2.45, 2.75) is 45.2 Å². The molecule has 0 saturated heterocycles. The van der Waals surface area contributed by atoms with Crippen LogP contribution in [0.15, 0.2) is 0 Å². The Morgan fingerprint density at radius 3 is 2.50 bits per heavy atom. The standard InChI is InChI=1S/C11H20N2O5/c1-3-4-5-18-11(17)7(2)13-10(16)8(12)6-9(14)15/h7-8H,3-6,12H2,1-2H3,(H,13,16)(H,14,15)/t7-,8+/m1/s1. The number of hydrogen-bond donors (Lipinski definition) is 3. The third-order valence-electron chi connectivity index (χ3n) is 2.19. The number of carbonyl (C=O) groups excluding carboxylic acids is 2. The molecule has 7 nitrogen and oxygen atoms in total. The molecule has 0 bridgehead atoms. The lowest BCUT2D eigenvalue weighted by Gasteiger charge is -2.15. The van der Waals surface area contributed by atoms with Gasteiger partial charge in [0.05, 0.1) is 19.1 Å². The van der Waals surface area contributed by atoms with Crippen molar-refractivity contribution in [1.29, 1.82) is 0 Å². The van der Waals surface area contributed by atoms with Gasteiger partial charge in [0.25, 0.3) is 0 Å². The summed E-state index contributed by atoms with van der Waals surface area (Å²) in [5.41, 5.74) is 5.34. The summed E-state index contributed by atoms with van der Waals surface area (Å²) in [6, 6.07) is -2.01. The molecule has 0 aliphatic carbocycles. The van der Waals surface area contributed by atoms with Gasteiger partial charge < -0.3 is 20.9 Å². The van der Waals surface area contributed by atoms with Crippen molar-refractivity contribution in [2.24, 2.45) is 5.73 Å². The van der Waals surface area contributed by atoms with Crippen LogP contribution in [0.2, 0.25) is 0 Å². The molecule has 0 aromatic carbocycles. The van der Waals surface area contributed by atoms with Crippen LogP contribution in [0, 0.1) is 0 Å². The van der Waals surface area contributed by atoms with Crippen LogP contribution in [0.5, 0.6) is 0 Å². The van der Waals surface area contributed by atoms with E-state index in [1.807, 2.05) is 6.92 Å². The fraction of sp³-hybridized carbons (Fsp3) is 0.727. The second-order valence-electron chi connectivity index (χ2n) is 3.96. The molecule has 0 radical (unpaired) electrons. The van der Waals surface area contributed by atoms with Gasteiger partial charge in [-0.2, -0.15) is 0 Å². The first kappa shape index (κ1) is 16.4. The van der Waals surface area contributed by atoms with Crippen LogP contribution in [0.4, 0.5) is 0 Å². The van der Waals surface area contributed by atoms with Gasteiger partial charge in [-0.25, -0.2) is 4.79 Å². The van der Waals surface area contributed by atoms with E-state index in [1.165, 1.54) is 6.92 Å². The summed E-state index contributed by atoms with van der Waals surface area (Å²) in [4.78, 5) is 33.2. The van der Waals surface area contributed by atoms with Gasteiger partial charge in [0.15, 0.2) is 0 Å². The van der Waals surface area contributed by atoms with Gasteiger partial charge in [-0.1, -0.05) is 13.3 Å². The van der Waals surface area contributed by atoms with Crippen molar-refractivity contribution in [2.75, 3.05) is 6.61 Å². The molecule has 2 atom stereocenters. The molecule has 104 valence electrons. The Kier molecular flexibility index (Phi) is 7.69. The molecule has 1 amide bonds. The first-order chi connectivity index (χ1) is 8.38. The number of nitrogens with one attached hydrogen (secondary N) is 1. The van der Waals surface area contributed by atoms with Crippen molar-refractivity contribution in [1.82, 2.24) is 5.32 Å². The number of rotatable bonds is 8. The number of unbranched alkanes of at least 4 members (excludes halogenated alkanes) is 1. The fourth-order valence-corrected chi connectivity index (χ4v) is 1.10. The molecular formula is C11H20N2O5. The van der Waals surface area contributed by atoms with Crippen molar-refractivity contribution in [3.8, 4) is 0 Å². The average molecular weight is 260 g/mol. The van der Waals surface area contributed by atoms with Gasteiger partial charge >= 0.3 is 11.9 Å². The number of nitrogens with two attached hydrogens (primary N) is 1. The van der Waals surface area contributed by atoms with Crippen molar-refractivity contribution in [3.63, 3.8) is 0 Å². The van der Waals surface area contributed by atoms with Crippen LogP contribution < -0.4 is 11.1 Å². The van der Waals surface area contributed by atoms with Crippen LogP contribution in [-0.2, 0) is 19.1 Å². The zero-order chi connectivity index (χ0) is 14.1. The molecular weight excluding hydrogens is 240 g/mol. The van der Waals surface area contributed by atoms with Crippen LogP contribution in [0.25, 0.3) is 0 Å². The first-order valence-electron chi connectivity index (χ1n) is 5.82. The summed E-state index contributed by atoms with van der Waals surface area (Å²) in [5.74, 6) is -2.41. The summed E-state index contributed by atoms with van der Waals surface area (Å²) < 4.78 is 4.90. The molecule has 0 fully saturated rings. The van der Waals surface area contributed by atoms with Crippen LogP contribution >= 0.6 is 0 Å². The van der Waals surface area contributed by atoms with E-state index in [2.05, 4.69) is 5.32 Å². The van der Waals surface area contributed by atoms with Gasteiger partial charge in [0.1, 0.15) is 6.04 Å². The number of carboxylic acids is 1. The minimum absolute atomic E-state index is 0.302. The van der Waals surface area contributed by atoms with Gasteiger partial charge in [0.2, 0.25) is 5.91 Å². The van der Waals surface area contributed by atoms with Gasteiger partial charge in [-0.15, -0.1) is 0 Å². The maximum absolute atomic E-state index is 11.4. The zero-order valence-corrected chi connectivity index (χ0v) is 10.6. The number of carbonyl (C=O) groups is 3. The summed E-state index contributed by atoms with van der Waals surface area (Å²) in [6.45, 7) is 3.72. The SMILES string of the molecule is CCCCOC(=O)[C@@H](C)NC(=O)[C@@H](N)CC(=O)O. The quantitative estimate of drug-likeness (QED) is 0.405. The normalized spacial score (nSPS) is 13.5. The lowest BCUT2D eigenvalue weighted by atomic mass is 10.2. The van der Waals surface area contributed by atoms with Crippen LogP contribution in [0.3, 0.4) is 0 Å². The maximum atomic E-state index is 11.4. The third-order valence-corrected chi connectivity index (χ3v) is 2.19. The third kappa shape index (κ3) is 6.85. The molecule has 0 aromatic heterocycles. The number of esters is 1. The monoisotopic (exact) mass is 260 g/mol. The molecule has 0 spiro atoms. The first-order valence-corrected chi connectivity index (χ1v) is 5.82. The van der Waals surface area contributed by atoms with E-state index in [0.717, 1.165) is 12.8 Å². The van der Waals surface area contributed by atoms with E-state index in [0.29, 0.717) is 6.61 Å². The highest BCUT2D eigenvalue weighted by Gasteiger charge is 2.22. The molecule has 0 heterocycles. The number of carboxylic acid groups (broad SMARTS) is 1. The molecule has 0 rings (SSSR count). The Bertz CT molecular complexity index is 306. The summed E-state index contributed by atoms with van der Waals surface area (Å²) in [5, 5.41) is 10.8. The fourth-order valence-electron chi connectivity index (χ4n) is 1.10. The second-order valence-corrected chi connectivity index (χ2v) is 3.96. The predicted octanol–water partition coefficient (Wildman–Crippen LogP) is -0.364. The number of hydrogen-bond acceptors (Lipinski definition) is 5. The number of aliphatic carboxylic acids is 1. The average Bonchev–Trinajstić information content (AvgIpc) is 2.28. The second kappa shape index (κ2) is 8.46. The lowest BCUT2D eigenvalue weighted by molar-refractivity contribution is -0.147. The minimum Gasteiger partial charge on any atom is -0.481 e. The van der Waals surface area contributed by atoms with Gasteiger partial charge in [-0.05, 0) is 13.3 Å². The van der Waals surface area contributed by atoms with Gasteiger partial charge in [-0.3, -0.25) is 9.59 Å². The van der Waals surface area contributed by atoms with E-state index >= 15 is 0 Å².